The maximum Gasteiger partial charge on any atom is 0.0491 e. The second kappa shape index (κ2) is 3.26. The zero-order valence-electron chi connectivity index (χ0n) is 9.07. The molecule has 6 rings (SSSR count). The average molecular weight is 249 g/mol. The molecule has 0 aliphatic heterocycles. The molecule has 0 heterocycles. The van der Waals surface area contributed by atoms with Crippen LogP contribution in [0.5, 0.6) is 0 Å². The molecule has 4 bridgehead atoms. The van der Waals surface area contributed by atoms with Crippen LogP contribution in [0.15, 0.2) is 24.3 Å². The van der Waals surface area contributed by atoms with Gasteiger partial charge in [-0.1, -0.05) is 35.3 Å². The Balaban J connectivity index is 2.56. The van der Waals surface area contributed by atoms with Gasteiger partial charge in [-0.05, 0) is 48.2 Å². The molecule has 0 saturated heterocycles. The van der Waals surface area contributed by atoms with E-state index in [1.165, 1.54) is 22.3 Å². The van der Waals surface area contributed by atoms with Crippen molar-refractivity contribution in [2.24, 2.45) is 0 Å². The molecule has 0 amide bonds. The van der Waals surface area contributed by atoms with Gasteiger partial charge in [-0.3, -0.25) is 0 Å². The number of benzene rings is 2. The van der Waals surface area contributed by atoms with Crippen LogP contribution in [-0.2, 0) is 0 Å². The standard InChI is InChI=1S/C14H10Cl2/c1-7-3-10-8(2)4-9(7)11-5-14(16)12(10)6-13(11)15/h3-6H,1-2H3. The lowest BCUT2D eigenvalue weighted by Crippen LogP contribution is -1.96. The van der Waals surface area contributed by atoms with E-state index in [9.17, 15) is 0 Å². The fourth-order valence-electron chi connectivity index (χ4n) is 2.36. The Kier molecular flexibility index (Phi) is 2.07. The Bertz CT molecular complexity index is 502. The first-order valence-corrected chi connectivity index (χ1v) is 5.94. The summed E-state index contributed by atoms with van der Waals surface area (Å²) < 4.78 is 0. The van der Waals surface area contributed by atoms with Gasteiger partial charge in [-0.15, -0.1) is 0 Å². The normalized spacial score (nSPS) is 11.8. The van der Waals surface area contributed by atoms with E-state index in [2.05, 4.69) is 26.0 Å². The van der Waals surface area contributed by atoms with E-state index in [1.807, 2.05) is 12.1 Å². The van der Waals surface area contributed by atoms with Crippen molar-refractivity contribution in [1.29, 1.82) is 0 Å². The second-order valence-electron chi connectivity index (χ2n) is 4.29. The van der Waals surface area contributed by atoms with Gasteiger partial charge in [0.25, 0.3) is 0 Å². The predicted octanol–water partition coefficient (Wildman–Crippen LogP) is 5.26. The summed E-state index contributed by atoms with van der Waals surface area (Å²) in [4.78, 5) is 0. The lowest BCUT2D eigenvalue weighted by Gasteiger charge is -2.20. The zero-order chi connectivity index (χ0) is 11.4. The molecule has 2 aromatic rings. The zero-order valence-corrected chi connectivity index (χ0v) is 10.6. The van der Waals surface area contributed by atoms with Crippen LogP contribution in [0, 0.1) is 13.8 Å². The molecule has 0 radical (unpaired) electrons. The average Bonchev–Trinajstić information content (AvgIpc) is 2.23. The van der Waals surface area contributed by atoms with Crippen molar-refractivity contribution in [1.82, 2.24) is 0 Å². The molecule has 0 unspecified atom stereocenters. The van der Waals surface area contributed by atoms with Crippen molar-refractivity contribution in [3.8, 4) is 22.3 Å². The monoisotopic (exact) mass is 248 g/mol. The van der Waals surface area contributed by atoms with Crippen molar-refractivity contribution in [3.05, 3.63) is 45.4 Å². The third-order valence-electron chi connectivity index (χ3n) is 3.21. The molecule has 0 aromatic heterocycles. The number of rotatable bonds is 0. The summed E-state index contributed by atoms with van der Waals surface area (Å²) in [5.74, 6) is 0. The molecule has 0 spiro atoms. The summed E-state index contributed by atoms with van der Waals surface area (Å²) in [5.41, 5.74) is 6.92. The highest BCUT2D eigenvalue weighted by Crippen LogP contribution is 2.44. The van der Waals surface area contributed by atoms with Crippen LogP contribution in [-0.4, -0.2) is 0 Å². The first-order valence-electron chi connectivity index (χ1n) is 5.19. The summed E-state index contributed by atoms with van der Waals surface area (Å²) >= 11 is 12.5. The second-order valence-corrected chi connectivity index (χ2v) is 5.11. The number of hydrogen-bond acceptors (Lipinski definition) is 0. The Morgan fingerprint density at radius 1 is 0.625 bits per heavy atom. The summed E-state index contributed by atoms with van der Waals surface area (Å²) in [6.07, 6.45) is 0. The highest BCUT2D eigenvalue weighted by Gasteiger charge is 2.18. The fraction of sp³-hybridized carbons (Fsp3) is 0.143. The van der Waals surface area contributed by atoms with E-state index < -0.39 is 0 Å². The van der Waals surface area contributed by atoms with Crippen molar-refractivity contribution in [2.75, 3.05) is 0 Å². The van der Waals surface area contributed by atoms with E-state index in [1.54, 1.807) is 0 Å². The van der Waals surface area contributed by atoms with E-state index in [4.69, 9.17) is 23.2 Å². The first kappa shape index (κ1) is 10.2. The summed E-state index contributed by atoms with van der Waals surface area (Å²) in [7, 11) is 0. The number of hydrogen-bond donors (Lipinski definition) is 0. The molecule has 2 heteroatoms. The Morgan fingerprint density at radius 2 is 1.00 bits per heavy atom. The maximum atomic E-state index is 6.27. The molecule has 0 nitrogen and oxygen atoms in total. The largest absolute Gasteiger partial charge is 0.0836 e. The number of halogens is 2. The van der Waals surface area contributed by atoms with E-state index >= 15 is 0 Å². The highest BCUT2D eigenvalue weighted by molar-refractivity contribution is 6.37. The van der Waals surface area contributed by atoms with E-state index in [0.29, 0.717) is 0 Å². The Morgan fingerprint density at radius 3 is 1.38 bits per heavy atom. The molecule has 16 heavy (non-hydrogen) atoms. The highest BCUT2D eigenvalue weighted by atomic mass is 35.5. The van der Waals surface area contributed by atoms with Gasteiger partial charge in [0.05, 0.1) is 0 Å². The predicted molar refractivity (Wildman–Crippen MR) is 70.4 cm³/mol. The topological polar surface area (TPSA) is 0 Å². The van der Waals surface area contributed by atoms with Crippen molar-refractivity contribution >= 4 is 23.2 Å². The van der Waals surface area contributed by atoms with Gasteiger partial charge in [0.1, 0.15) is 0 Å². The lowest BCUT2D eigenvalue weighted by molar-refractivity contribution is 1.37. The van der Waals surface area contributed by atoms with Crippen LogP contribution in [0.3, 0.4) is 0 Å². The summed E-state index contributed by atoms with van der Waals surface area (Å²) in [6.45, 7) is 4.22. The van der Waals surface area contributed by atoms with Crippen LogP contribution in [0.25, 0.3) is 22.3 Å². The minimum Gasteiger partial charge on any atom is -0.0836 e. The van der Waals surface area contributed by atoms with Gasteiger partial charge in [-0.2, -0.15) is 0 Å². The molecule has 4 aliphatic rings. The van der Waals surface area contributed by atoms with E-state index in [0.717, 1.165) is 21.2 Å². The van der Waals surface area contributed by atoms with Gasteiger partial charge in [-0.25, -0.2) is 0 Å². The fourth-order valence-corrected chi connectivity index (χ4v) is 2.89. The third kappa shape index (κ3) is 1.24. The Labute approximate surface area is 105 Å². The summed E-state index contributed by atoms with van der Waals surface area (Å²) in [5, 5.41) is 1.56. The van der Waals surface area contributed by atoms with Crippen molar-refractivity contribution in [3.63, 3.8) is 0 Å². The van der Waals surface area contributed by atoms with Gasteiger partial charge >= 0.3 is 0 Å². The molecule has 4 aliphatic carbocycles. The minimum atomic E-state index is 0.781. The Hall–Kier alpha value is -0.980. The van der Waals surface area contributed by atoms with Gasteiger partial charge in [0, 0.05) is 21.2 Å². The molecule has 0 atom stereocenters. The SMILES string of the molecule is Cc1cc2c(C)cc1-c1cc(Cl)c-2cc1Cl. The van der Waals surface area contributed by atoms with Gasteiger partial charge < -0.3 is 0 Å². The van der Waals surface area contributed by atoms with Crippen molar-refractivity contribution < 1.29 is 0 Å². The van der Waals surface area contributed by atoms with Crippen LogP contribution in [0.4, 0.5) is 0 Å². The molecule has 2 aromatic carbocycles. The molecule has 0 fully saturated rings. The van der Waals surface area contributed by atoms with Crippen LogP contribution < -0.4 is 0 Å². The third-order valence-corrected chi connectivity index (χ3v) is 3.83. The smallest absolute Gasteiger partial charge is 0.0491 e. The van der Waals surface area contributed by atoms with E-state index in [-0.39, 0.29) is 0 Å². The quantitative estimate of drug-likeness (QED) is 0.510. The van der Waals surface area contributed by atoms with Crippen molar-refractivity contribution in [2.45, 2.75) is 13.8 Å². The summed E-state index contributed by atoms with van der Waals surface area (Å²) in [6, 6.07) is 8.31. The van der Waals surface area contributed by atoms with Gasteiger partial charge in [0.2, 0.25) is 0 Å². The van der Waals surface area contributed by atoms with Crippen LogP contribution in [0.2, 0.25) is 10.0 Å². The first-order chi connectivity index (χ1) is 7.58. The van der Waals surface area contributed by atoms with Crippen LogP contribution in [0.1, 0.15) is 11.1 Å². The molecular weight excluding hydrogens is 239 g/mol. The van der Waals surface area contributed by atoms with Crippen LogP contribution >= 0.6 is 23.2 Å². The number of aryl methyl sites for hydroxylation is 2. The molecule has 80 valence electrons. The molecule has 0 N–H and O–H groups in total. The van der Waals surface area contributed by atoms with Gasteiger partial charge in [0.15, 0.2) is 0 Å². The minimum absolute atomic E-state index is 0.781. The maximum absolute atomic E-state index is 6.27. The molecule has 0 saturated carbocycles. The lowest BCUT2D eigenvalue weighted by atomic mass is 9.87. The molecular formula is C14H10Cl2.